The minimum absolute atomic E-state index is 0.130. The number of nitro groups is 1. The summed E-state index contributed by atoms with van der Waals surface area (Å²) in [6.45, 7) is 0.689. The van der Waals surface area contributed by atoms with Gasteiger partial charge in [0.25, 0.3) is 5.69 Å². The van der Waals surface area contributed by atoms with E-state index in [0.717, 1.165) is 11.3 Å². The first-order chi connectivity index (χ1) is 9.47. The summed E-state index contributed by atoms with van der Waals surface area (Å²) in [4.78, 5) is 12.5. The molecule has 0 aliphatic carbocycles. The topological polar surface area (TPSA) is 46.4 Å². The molecule has 0 spiro atoms. The lowest BCUT2D eigenvalue weighted by atomic mass is 10.2. The third-order valence-corrected chi connectivity index (χ3v) is 3.98. The molecule has 0 saturated heterocycles. The van der Waals surface area contributed by atoms with Gasteiger partial charge in [-0.25, -0.2) is 0 Å². The molecule has 2 aromatic rings. The minimum atomic E-state index is -0.372. The molecule has 0 N–H and O–H groups in total. The second-order valence-corrected chi connectivity index (χ2v) is 5.98. The third kappa shape index (κ3) is 3.61. The summed E-state index contributed by atoms with van der Waals surface area (Å²) in [5, 5.41) is 11.5. The van der Waals surface area contributed by atoms with E-state index in [0.29, 0.717) is 15.1 Å². The summed E-state index contributed by atoms with van der Waals surface area (Å²) < 4.78 is 0.628. The summed E-state index contributed by atoms with van der Waals surface area (Å²) in [6.07, 6.45) is 0. The number of rotatable bonds is 4. The van der Waals surface area contributed by atoms with Crippen LogP contribution in [-0.4, -0.2) is 12.0 Å². The van der Waals surface area contributed by atoms with Gasteiger partial charge in [0.1, 0.15) is 0 Å². The average molecular weight is 403 g/mol. The molecular formula is C14H12ClIN2O2. The second kappa shape index (κ2) is 6.41. The first kappa shape index (κ1) is 15.1. The van der Waals surface area contributed by atoms with Gasteiger partial charge in [-0.15, -0.1) is 0 Å². The second-order valence-electron chi connectivity index (χ2n) is 4.38. The van der Waals surface area contributed by atoms with Crippen molar-refractivity contribution in [1.29, 1.82) is 0 Å². The van der Waals surface area contributed by atoms with Gasteiger partial charge in [0, 0.05) is 30.4 Å². The van der Waals surface area contributed by atoms with Crippen LogP contribution in [0.3, 0.4) is 0 Å². The van der Waals surface area contributed by atoms with Crippen molar-refractivity contribution in [2.75, 3.05) is 11.9 Å². The number of benzene rings is 2. The zero-order valence-corrected chi connectivity index (χ0v) is 13.6. The molecule has 0 aliphatic rings. The minimum Gasteiger partial charge on any atom is -0.370 e. The quantitative estimate of drug-likeness (QED) is 0.430. The maximum absolute atomic E-state index is 10.8. The number of anilines is 1. The molecule has 20 heavy (non-hydrogen) atoms. The van der Waals surface area contributed by atoms with Gasteiger partial charge in [0.15, 0.2) is 0 Å². The molecule has 0 aromatic heterocycles. The van der Waals surface area contributed by atoms with E-state index in [1.54, 1.807) is 6.07 Å². The van der Waals surface area contributed by atoms with Crippen LogP contribution < -0.4 is 4.90 Å². The van der Waals surface area contributed by atoms with Crippen LogP contribution in [0.1, 0.15) is 5.56 Å². The maximum Gasteiger partial charge on any atom is 0.282 e. The Morgan fingerprint density at radius 1 is 1.30 bits per heavy atom. The van der Waals surface area contributed by atoms with Gasteiger partial charge >= 0.3 is 0 Å². The van der Waals surface area contributed by atoms with Crippen LogP contribution in [-0.2, 0) is 6.54 Å². The number of nitro benzene ring substituents is 1. The summed E-state index contributed by atoms with van der Waals surface area (Å²) >= 11 is 7.94. The van der Waals surface area contributed by atoms with Crippen LogP contribution in [0.5, 0.6) is 0 Å². The molecule has 4 nitrogen and oxygen atoms in total. The average Bonchev–Trinajstić information content (AvgIpc) is 2.38. The van der Waals surface area contributed by atoms with Crippen LogP contribution in [0.2, 0.25) is 5.02 Å². The third-order valence-electron chi connectivity index (χ3n) is 2.88. The lowest BCUT2D eigenvalue weighted by molar-refractivity contribution is -0.385. The van der Waals surface area contributed by atoms with Crippen molar-refractivity contribution >= 4 is 45.6 Å². The highest BCUT2D eigenvalue weighted by atomic mass is 127. The summed E-state index contributed by atoms with van der Waals surface area (Å²) in [7, 11) is 1.94. The van der Waals surface area contributed by atoms with Crippen molar-refractivity contribution in [1.82, 2.24) is 0 Å². The Bertz CT molecular complexity index is 649. The highest BCUT2D eigenvalue weighted by Gasteiger charge is 2.13. The lowest BCUT2D eigenvalue weighted by Gasteiger charge is -2.19. The highest BCUT2D eigenvalue weighted by molar-refractivity contribution is 14.1. The van der Waals surface area contributed by atoms with E-state index in [1.807, 2.05) is 64.9 Å². The number of nitrogens with zero attached hydrogens (tertiary/aromatic N) is 2. The van der Waals surface area contributed by atoms with Crippen LogP contribution >= 0.6 is 34.2 Å². The zero-order chi connectivity index (χ0) is 14.7. The molecule has 0 radical (unpaired) electrons. The fraction of sp³-hybridized carbons (Fsp3) is 0.143. The molecule has 0 amide bonds. The van der Waals surface area contributed by atoms with E-state index >= 15 is 0 Å². The van der Waals surface area contributed by atoms with Crippen molar-refractivity contribution in [2.45, 2.75) is 6.54 Å². The molecule has 0 unspecified atom stereocenters. The van der Waals surface area contributed by atoms with Crippen LogP contribution in [0.25, 0.3) is 0 Å². The lowest BCUT2D eigenvalue weighted by Crippen LogP contribution is -2.16. The van der Waals surface area contributed by atoms with Crippen molar-refractivity contribution in [3.05, 3.63) is 66.7 Å². The Balaban J connectivity index is 2.19. The predicted molar refractivity (Wildman–Crippen MR) is 89.4 cm³/mol. The van der Waals surface area contributed by atoms with Gasteiger partial charge in [-0.2, -0.15) is 0 Å². The predicted octanol–water partition coefficient (Wildman–Crippen LogP) is 4.49. The molecular weight excluding hydrogens is 391 g/mol. The van der Waals surface area contributed by atoms with E-state index in [9.17, 15) is 10.1 Å². The molecule has 0 aliphatic heterocycles. The van der Waals surface area contributed by atoms with E-state index < -0.39 is 0 Å². The molecule has 104 valence electrons. The maximum atomic E-state index is 10.8. The van der Waals surface area contributed by atoms with E-state index in [2.05, 4.69) is 0 Å². The molecule has 0 bridgehead atoms. The SMILES string of the molecule is CN(Cc1cccc(Cl)c1)c1ccc([N+](=O)[O-])c(I)c1. The number of hydrogen-bond acceptors (Lipinski definition) is 3. The number of hydrogen-bond donors (Lipinski definition) is 0. The van der Waals surface area contributed by atoms with Crippen molar-refractivity contribution in [3.63, 3.8) is 0 Å². The van der Waals surface area contributed by atoms with Gasteiger partial charge in [-0.3, -0.25) is 10.1 Å². The van der Waals surface area contributed by atoms with Gasteiger partial charge in [0.05, 0.1) is 8.49 Å². The number of halogens is 2. The molecule has 0 fully saturated rings. The first-order valence-electron chi connectivity index (χ1n) is 5.87. The monoisotopic (exact) mass is 402 g/mol. The highest BCUT2D eigenvalue weighted by Crippen LogP contribution is 2.26. The first-order valence-corrected chi connectivity index (χ1v) is 7.32. The Labute approximate surface area is 135 Å². The van der Waals surface area contributed by atoms with Gasteiger partial charge < -0.3 is 4.90 Å². The molecule has 0 heterocycles. The van der Waals surface area contributed by atoms with Crippen LogP contribution in [0.15, 0.2) is 42.5 Å². The Kier molecular flexibility index (Phi) is 4.82. The Morgan fingerprint density at radius 2 is 2.05 bits per heavy atom. The van der Waals surface area contributed by atoms with E-state index in [4.69, 9.17) is 11.6 Å². The summed E-state index contributed by atoms with van der Waals surface area (Å²) in [5.41, 5.74) is 2.15. The Morgan fingerprint density at radius 3 is 2.65 bits per heavy atom. The van der Waals surface area contributed by atoms with Crippen molar-refractivity contribution in [3.8, 4) is 0 Å². The summed E-state index contributed by atoms with van der Waals surface area (Å²) in [6, 6.07) is 12.7. The van der Waals surface area contributed by atoms with Gasteiger partial charge in [-0.1, -0.05) is 23.7 Å². The summed E-state index contributed by atoms with van der Waals surface area (Å²) in [5.74, 6) is 0. The van der Waals surface area contributed by atoms with Gasteiger partial charge in [0.2, 0.25) is 0 Å². The molecule has 0 saturated carbocycles. The zero-order valence-electron chi connectivity index (χ0n) is 10.7. The molecule has 2 aromatic carbocycles. The fourth-order valence-corrected chi connectivity index (χ4v) is 2.79. The Hall–Kier alpha value is -1.34. The van der Waals surface area contributed by atoms with E-state index in [1.165, 1.54) is 6.07 Å². The van der Waals surface area contributed by atoms with Gasteiger partial charge in [-0.05, 0) is 52.4 Å². The van der Waals surface area contributed by atoms with E-state index in [-0.39, 0.29) is 10.6 Å². The van der Waals surface area contributed by atoms with Crippen molar-refractivity contribution in [2.24, 2.45) is 0 Å². The molecule has 6 heteroatoms. The smallest absolute Gasteiger partial charge is 0.282 e. The fourth-order valence-electron chi connectivity index (χ4n) is 1.88. The normalized spacial score (nSPS) is 10.3. The van der Waals surface area contributed by atoms with Crippen molar-refractivity contribution < 1.29 is 4.92 Å². The van der Waals surface area contributed by atoms with Crippen LogP contribution in [0.4, 0.5) is 11.4 Å². The molecule has 0 atom stereocenters. The standard InChI is InChI=1S/C14H12ClIN2O2/c1-17(9-10-3-2-4-11(15)7-10)12-5-6-14(18(19)20)13(16)8-12/h2-8H,9H2,1H3. The molecule has 2 rings (SSSR count). The largest absolute Gasteiger partial charge is 0.370 e. The van der Waals surface area contributed by atoms with Crippen LogP contribution in [0, 0.1) is 13.7 Å².